The maximum Gasteiger partial charge on any atom is 0.261 e. The zero-order chi connectivity index (χ0) is 24.3. The van der Waals surface area contributed by atoms with Crippen LogP contribution in [0.2, 0.25) is 0 Å². The molecule has 2 aromatic carbocycles. The molecule has 1 amide bonds. The van der Waals surface area contributed by atoms with E-state index in [2.05, 4.69) is 15.0 Å². The van der Waals surface area contributed by atoms with Gasteiger partial charge < -0.3 is 14.8 Å². The molecule has 2 heterocycles. The number of sulfonamides is 2. The first kappa shape index (κ1) is 23.3. The quantitative estimate of drug-likeness (QED) is 0.474. The van der Waals surface area contributed by atoms with E-state index in [0.29, 0.717) is 22.9 Å². The minimum atomic E-state index is -3.85. The number of hydrogen-bond donors (Lipinski definition) is 2. The highest BCUT2D eigenvalue weighted by Gasteiger charge is 2.24. The van der Waals surface area contributed by atoms with Gasteiger partial charge in [-0.25, -0.2) is 16.8 Å². The SMILES string of the molecule is CS(=O)(=O)N(CC(=O)Nc1ccc(S(=O)(=O)Nc2cccnc2)cc1)c1ccc2c(c1)OCO2. The molecule has 1 aliphatic rings. The molecule has 178 valence electrons. The number of anilines is 3. The van der Waals surface area contributed by atoms with Gasteiger partial charge in [-0.05, 0) is 48.5 Å². The van der Waals surface area contributed by atoms with Gasteiger partial charge in [0.1, 0.15) is 6.54 Å². The summed E-state index contributed by atoms with van der Waals surface area (Å²) >= 11 is 0. The maximum atomic E-state index is 12.6. The third-order valence-corrected chi connectivity index (χ3v) is 7.23. The molecule has 0 aliphatic carbocycles. The van der Waals surface area contributed by atoms with E-state index in [9.17, 15) is 21.6 Å². The monoisotopic (exact) mass is 504 g/mol. The van der Waals surface area contributed by atoms with E-state index < -0.39 is 32.5 Å². The van der Waals surface area contributed by atoms with Crippen LogP contribution in [0.4, 0.5) is 17.1 Å². The van der Waals surface area contributed by atoms with Gasteiger partial charge in [-0.15, -0.1) is 0 Å². The molecule has 1 aliphatic heterocycles. The Morgan fingerprint density at radius 1 is 1.00 bits per heavy atom. The Morgan fingerprint density at radius 2 is 1.74 bits per heavy atom. The zero-order valence-electron chi connectivity index (χ0n) is 17.8. The molecule has 13 heteroatoms. The third kappa shape index (κ3) is 5.38. The summed E-state index contributed by atoms with van der Waals surface area (Å²) in [6.45, 7) is -0.470. The van der Waals surface area contributed by atoms with Gasteiger partial charge in [0.2, 0.25) is 22.7 Å². The van der Waals surface area contributed by atoms with Crippen LogP contribution in [0.25, 0.3) is 0 Å². The summed E-state index contributed by atoms with van der Waals surface area (Å²) in [6, 6.07) is 13.2. The summed E-state index contributed by atoms with van der Waals surface area (Å²) in [5.74, 6) is 0.241. The number of nitrogens with zero attached hydrogens (tertiary/aromatic N) is 2. The number of rotatable bonds is 8. The van der Waals surface area contributed by atoms with Gasteiger partial charge in [0.05, 0.1) is 28.7 Å². The topological polar surface area (TPSA) is 144 Å². The Balaban J connectivity index is 1.45. The fraction of sp³-hybridized carbons (Fsp3) is 0.143. The summed E-state index contributed by atoms with van der Waals surface area (Å²) < 4.78 is 63.5. The van der Waals surface area contributed by atoms with Gasteiger partial charge in [-0.2, -0.15) is 0 Å². The number of fused-ring (bicyclic) bond motifs is 1. The van der Waals surface area contributed by atoms with Crippen LogP contribution in [0.1, 0.15) is 0 Å². The fourth-order valence-corrected chi connectivity index (χ4v) is 5.02. The first-order valence-electron chi connectivity index (χ1n) is 9.82. The van der Waals surface area contributed by atoms with Crippen molar-refractivity contribution in [1.82, 2.24) is 4.98 Å². The molecule has 0 radical (unpaired) electrons. The second-order valence-electron chi connectivity index (χ2n) is 7.23. The minimum Gasteiger partial charge on any atom is -0.454 e. The second-order valence-corrected chi connectivity index (χ2v) is 10.8. The van der Waals surface area contributed by atoms with Crippen molar-refractivity contribution in [2.75, 3.05) is 33.9 Å². The number of carbonyl (C=O) groups is 1. The Kier molecular flexibility index (Phi) is 6.30. The normalized spacial score (nSPS) is 12.7. The number of pyridine rings is 1. The molecule has 0 saturated carbocycles. The van der Waals surface area contributed by atoms with Crippen LogP contribution < -0.4 is 23.8 Å². The number of nitrogens with one attached hydrogen (secondary N) is 2. The summed E-state index contributed by atoms with van der Waals surface area (Å²) in [6.07, 6.45) is 3.88. The lowest BCUT2D eigenvalue weighted by Gasteiger charge is -2.22. The third-order valence-electron chi connectivity index (χ3n) is 4.69. The minimum absolute atomic E-state index is 0.0209. The fourth-order valence-electron chi connectivity index (χ4n) is 3.13. The van der Waals surface area contributed by atoms with Crippen LogP contribution in [-0.4, -0.2) is 47.3 Å². The van der Waals surface area contributed by atoms with Crippen LogP contribution >= 0.6 is 0 Å². The Bertz CT molecular complexity index is 1410. The molecular formula is C21H20N4O7S2. The summed E-state index contributed by atoms with van der Waals surface area (Å²) in [5, 5.41) is 2.57. The van der Waals surface area contributed by atoms with Crippen molar-refractivity contribution in [3.63, 3.8) is 0 Å². The largest absolute Gasteiger partial charge is 0.454 e. The van der Waals surface area contributed by atoms with Crippen molar-refractivity contribution in [2.45, 2.75) is 4.90 Å². The predicted molar refractivity (Wildman–Crippen MR) is 125 cm³/mol. The van der Waals surface area contributed by atoms with E-state index in [4.69, 9.17) is 9.47 Å². The molecule has 0 unspecified atom stereocenters. The highest BCUT2D eigenvalue weighted by Crippen LogP contribution is 2.36. The Labute approximate surface area is 196 Å². The van der Waals surface area contributed by atoms with Crippen molar-refractivity contribution >= 4 is 43.0 Å². The van der Waals surface area contributed by atoms with Crippen molar-refractivity contribution in [2.24, 2.45) is 0 Å². The van der Waals surface area contributed by atoms with Gasteiger partial charge in [0.15, 0.2) is 11.5 Å². The molecule has 11 nitrogen and oxygen atoms in total. The molecule has 0 atom stereocenters. The van der Waals surface area contributed by atoms with Gasteiger partial charge in [0.25, 0.3) is 10.0 Å². The number of benzene rings is 2. The lowest BCUT2D eigenvalue weighted by atomic mass is 10.2. The van der Waals surface area contributed by atoms with Crippen molar-refractivity contribution < 1.29 is 31.1 Å². The van der Waals surface area contributed by atoms with Gasteiger partial charge >= 0.3 is 0 Å². The number of aromatic nitrogens is 1. The van der Waals surface area contributed by atoms with Crippen LogP contribution in [0.5, 0.6) is 11.5 Å². The molecule has 2 N–H and O–H groups in total. The smallest absolute Gasteiger partial charge is 0.261 e. The van der Waals surface area contributed by atoms with Gasteiger partial charge in [0, 0.05) is 18.0 Å². The molecule has 34 heavy (non-hydrogen) atoms. The average Bonchev–Trinajstić information content (AvgIpc) is 3.25. The molecule has 0 bridgehead atoms. The maximum absolute atomic E-state index is 12.6. The molecule has 4 rings (SSSR count). The summed E-state index contributed by atoms with van der Waals surface area (Å²) in [7, 11) is -7.65. The molecule has 1 aromatic heterocycles. The Morgan fingerprint density at radius 3 is 2.41 bits per heavy atom. The van der Waals surface area contributed by atoms with E-state index >= 15 is 0 Å². The lowest BCUT2D eigenvalue weighted by molar-refractivity contribution is -0.114. The van der Waals surface area contributed by atoms with E-state index in [0.717, 1.165) is 10.6 Å². The summed E-state index contributed by atoms with van der Waals surface area (Å²) in [4.78, 5) is 16.4. The predicted octanol–water partition coefficient (Wildman–Crippen LogP) is 2.02. The lowest BCUT2D eigenvalue weighted by Crippen LogP contribution is -2.37. The highest BCUT2D eigenvalue weighted by atomic mass is 32.2. The summed E-state index contributed by atoms with van der Waals surface area (Å²) in [5.41, 5.74) is 0.846. The van der Waals surface area contributed by atoms with E-state index in [1.165, 1.54) is 48.8 Å². The van der Waals surface area contributed by atoms with Crippen molar-refractivity contribution in [3.05, 3.63) is 67.0 Å². The molecule has 3 aromatic rings. The van der Waals surface area contributed by atoms with Crippen LogP contribution in [-0.2, 0) is 24.8 Å². The highest BCUT2D eigenvalue weighted by molar-refractivity contribution is 7.92. The van der Waals surface area contributed by atoms with Crippen molar-refractivity contribution in [3.8, 4) is 11.5 Å². The molecule has 0 spiro atoms. The van der Waals surface area contributed by atoms with E-state index in [1.807, 2.05) is 0 Å². The number of hydrogen-bond acceptors (Lipinski definition) is 8. The zero-order valence-corrected chi connectivity index (χ0v) is 19.5. The Hall–Kier alpha value is -3.84. The van der Waals surface area contributed by atoms with E-state index in [1.54, 1.807) is 18.2 Å². The van der Waals surface area contributed by atoms with Gasteiger partial charge in [-0.3, -0.25) is 18.8 Å². The van der Waals surface area contributed by atoms with Gasteiger partial charge in [-0.1, -0.05) is 0 Å². The van der Waals surface area contributed by atoms with Crippen LogP contribution in [0.15, 0.2) is 71.9 Å². The number of carbonyl (C=O) groups excluding carboxylic acids is 1. The first-order valence-corrected chi connectivity index (χ1v) is 13.2. The van der Waals surface area contributed by atoms with E-state index in [-0.39, 0.29) is 17.4 Å². The second kappa shape index (κ2) is 9.19. The van der Waals surface area contributed by atoms with Crippen LogP contribution in [0.3, 0.4) is 0 Å². The molecule has 0 fully saturated rings. The first-order chi connectivity index (χ1) is 16.1. The average molecular weight is 505 g/mol. The number of ether oxygens (including phenoxy) is 2. The van der Waals surface area contributed by atoms with Crippen molar-refractivity contribution in [1.29, 1.82) is 0 Å². The molecular weight excluding hydrogens is 484 g/mol. The van der Waals surface area contributed by atoms with Crippen LogP contribution in [0, 0.1) is 0 Å². The number of amides is 1. The standard InChI is InChI=1S/C21H20N4O7S2/c1-33(27,28)25(17-6-9-19-20(11-17)32-14-31-19)13-21(26)23-15-4-7-18(8-5-15)34(29,30)24-16-3-2-10-22-12-16/h2-12,24H,13-14H2,1H3,(H,23,26). The molecule has 0 saturated heterocycles.